The first-order valence-electron chi connectivity index (χ1n) is 4.30. The van der Waals surface area contributed by atoms with Gasteiger partial charge in [-0.3, -0.25) is 0 Å². The Labute approximate surface area is 82.5 Å². The Bertz CT molecular complexity index is 185. The van der Waals surface area contributed by atoms with E-state index < -0.39 is 0 Å². The highest BCUT2D eigenvalue weighted by atomic mass is 32.2. The molecule has 0 atom stereocenters. The molecule has 1 saturated heterocycles. The molecule has 1 aliphatic rings. The van der Waals surface area contributed by atoms with Crippen molar-refractivity contribution in [2.75, 3.05) is 20.3 Å². The molecule has 1 heterocycles. The summed E-state index contributed by atoms with van der Waals surface area (Å²) in [6, 6.07) is 0. The molecule has 4 heteroatoms. The van der Waals surface area contributed by atoms with E-state index in [9.17, 15) is 4.79 Å². The van der Waals surface area contributed by atoms with E-state index >= 15 is 0 Å². The summed E-state index contributed by atoms with van der Waals surface area (Å²) in [6.07, 6.45) is 3.59. The van der Waals surface area contributed by atoms with Crippen LogP contribution < -0.4 is 0 Å². The number of hydrogen-bond donors (Lipinski definition) is 0. The molecule has 0 spiro atoms. The maximum atomic E-state index is 10.7. The second-order valence-corrected chi connectivity index (χ2v) is 3.98. The summed E-state index contributed by atoms with van der Waals surface area (Å²) in [6.45, 7) is 1.67. The third kappa shape index (κ3) is 4.33. The minimum atomic E-state index is -0.292. The minimum Gasteiger partial charge on any atom is -0.466 e. The number of methoxy groups -OCH3 is 1. The molecule has 3 nitrogen and oxygen atoms in total. The quantitative estimate of drug-likeness (QED) is 0.514. The van der Waals surface area contributed by atoms with Gasteiger partial charge in [0.2, 0.25) is 0 Å². The highest BCUT2D eigenvalue weighted by molar-refractivity contribution is 8.02. The molecule has 0 bridgehead atoms. The van der Waals surface area contributed by atoms with Crippen molar-refractivity contribution in [3.8, 4) is 0 Å². The van der Waals surface area contributed by atoms with Gasteiger partial charge in [-0.25, -0.2) is 4.79 Å². The lowest BCUT2D eigenvalue weighted by Crippen LogP contribution is -2.16. The molecule has 0 radical (unpaired) electrons. The van der Waals surface area contributed by atoms with Crippen molar-refractivity contribution in [1.82, 2.24) is 0 Å². The molecule has 0 aromatic carbocycles. The molecule has 1 rings (SSSR count). The molecule has 0 aromatic rings. The maximum absolute atomic E-state index is 10.7. The first-order chi connectivity index (χ1) is 6.33. The molecule has 1 fully saturated rings. The molecular formula is C9H14O3S. The Kier molecular flexibility index (Phi) is 4.93. The van der Waals surface area contributed by atoms with Crippen molar-refractivity contribution in [3.05, 3.63) is 11.5 Å². The normalized spacial score (nSPS) is 19.2. The Morgan fingerprint density at radius 3 is 2.85 bits per heavy atom. The van der Waals surface area contributed by atoms with E-state index in [4.69, 9.17) is 4.74 Å². The fraction of sp³-hybridized carbons (Fsp3) is 0.667. The molecular weight excluding hydrogens is 188 g/mol. The highest BCUT2D eigenvalue weighted by Gasteiger charge is 2.12. The molecule has 0 saturated carbocycles. The van der Waals surface area contributed by atoms with Crippen molar-refractivity contribution < 1.29 is 14.3 Å². The molecule has 74 valence electrons. The average molecular weight is 202 g/mol. The van der Waals surface area contributed by atoms with Crippen molar-refractivity contribution >= 4 is 17.7 Å². The van der Waals surface area contributed by atoms with Gasteiger partial charge in [0.05, 0.1) is 7.11 Å². The SMILES string of the molecule is COC(=O)C=CSC1CCOCC1. The topological polar surface area (TPSA) is 35.5 Å². The number of thioether (sulfide) groups is 1. The zero-order valence-electron chi connectivity index (χ0n) is 7.69. The lowest BCUT2D eigenvalue weighted by Gasteiger charge is -2.19. The average Bonchev–Trinajstić information content (AvgIpc) is 2.19. The van der Waals surface area contributed by atoms with Gasteiger partial charge in [0.1, 0.15) is 0 Å². The second-order valence-electron chi connectivity index (χ2n) is 2.77. The van der Waals surface area contributed by atoms with Crippen LogP contribution in [0.4, 0.5) is 0 Å². The number of hydrogen-bond acceptors (Lipinski definition) is 4. The van der Waals surface area contributed by atoms with Gasteiger partial charge in [-0.15, -0.1) is 11.8 Å². The van der Waals surface area contributed by atoms with Crippen molar-refractivity contribution in [2.24, 2.45) is 0 Å². The van der Waals surface area contributed by atoms with Crippen LogP contribution >= 0.6 is 11.8 Å². The van der Waals surface area contributed by atoms with Gasteiger partial charge in [-0.1, -0.05) is 0 Å². The van der Waals surface area contributed by atoms with Crippen molar-refractivity contribution in [2.45, 2.75) is 18.1 Å². The van der Waals surface area contributed by atoms with Crippen molar-refractivity contribution in [3.63, 3.8) is 0 Å². The predicted molar refractivity (Wildman–Crippen MR) is 52.6 cm³/mol. The van der Waals surface area contributed by atoms with Gasteiger partial charge in [0.15, 0.2) is 0 Å². The van der Waals surface area contributed by atoms with Crippen LogP contribution in [0.5, 0.6) is 0 Å². The maximum Gasteiger partial charge on any atom is 0.330 e. The zero-order chi connectivity index (χ0) is 9.52. The molecule has 0 unspecified atom stereocenters. The minimum absolute atomic E-state index is 0.292. The van der Waals surface area contributed by atoms with Gasteiger partial charge >= 0.3 is 5.97 Å². The van der Waals surface area contributed by atoms with Gasteiger partial charge in [0, 0.05) is 24.5 Å². The van der Waals surface area contributed by atoms with Crippen LogP contribution in [-0.2, 0) is 14.3 Å². The molecule has 0 N–H and O–H groups in total. The second kappa shape index (κ2) is 6.05. The molecule has 0 aromatic heterocycles. The summed E-state index contributed by atoms with van der Waals surface area (Å²) in [4.78, 5) is 10.7. The summed E-state index contributed by atoms with van der Waals surface area (Å²) in [5.74, 6) is -0.292. The van der Waals surface area contributed by atoms with Crippen LogP contribution in [0.25, 0.3) is 0 Å². The van der Waals surface area contributed by atoms with E-state index in [0.717, 1.165) is 26.1 Å². The van der Waals surface area contributed by atoms with E-state index in [1.54, 1.807) is 11.8 Å². The fourth-order valence-electron chi connectivity index (χ4n) is 1.09. The summed E-state index contributed by atoms with van der Waals surface area (Å²) in [5, 5.41) is 2.40. The molecule has 0 aliphatic carbocycles. The Morgan fingerprint density at radius 2 is 2.23 bits per heavy atom. The summed E-state index contributed by atoms with van der Waals surface area (Å²) in [5.41, 5.74) is 0. The largest absolute Gasteiger partial charge is 0.466 e. The lowest BCUT2D eigenvalue weighted by molar-refractivity contribution is -0.134. The number of ether oxygens (including phenoxy) is 2. The van der Waals surface area contributed by atoms with Crippen LogP contribution in [0.1, 0.15) is 12.8 Å². The zero-order valence-corrected chi connectivity index (χ0v) is 8.51. The van der Waals surface area contributed by atoms with Crippen LogP contribution in [0.3, 0.4) is 0 Å². The van der Waals surface area contributed by atoms with E-state index in [-0.39, 0.29) is 5.97 Å². The van der Waals surface area contributed by atoms with Gasteiger partial charge in [-0.2, -0.15) is 0 Å². The Balaban J connectivity index is 2.16. The van der Waals surface area contributed by atoms with E-state index in [1.165, 1.54) is 13.2 Å². The predicted octanol–water partition coefficient (Wildman–Crippen LogP) is 1.59. The standard InChI is InChI=1S/C9H14O3S/c1-11-9(10)4-7-13-8-2-5-12-6-3-8/h4,7-8H,2-3,5-6H2,1H3. The third-order valence-electron chi connectivity index (χ3n) is 1.84. The summed E-state index contributed by atoms with van der Waals surface area (Å²) in [7, 11) is 1.38. The highest BCUT2D eigenvalue weighted by Crippen LogP contribution is 2.22. The first-order valence-corrected chi connectivity index (χ1v) is 5.25. The monoisotopic (exact) mass is 202 g/mol. The smallest absolute Gasteiger partial charge is 0.330 e. The molecule has 13 heavy (non-hydrogen) atoms. The van der Waals surface area contributed by atoms with Crippen LogP contribution in [-0.4, -0.2) is 31.5 Å². The summed E-state index contributed by atoms with van der Waals surface area (Å²) < 4.78 is 9.70. The van der Waals surface area contributed by atoms with Gasteiger partial charge < -0.3 is 9.47 Å². The fourth-order valence-corrected chi connectivity index (χ4v) is 1.96. The van der Waals surface area contributed by atoms with Crippen LogP contribution in [0.15, 0.2) is 11.5 Å². The molecule has 0 amide bonds. The first kappa shape index (κ1) is 10.6. The van der Waals surface area contributed by atoms with E-state index in [1.807, 2.05) is 5.41 Å². The van der Waals surface area contributed by atoms with E-state index in [2.05, 4.69) is 4.74 Å². The number of rotatable bonds is 3. The Morgan fingerprint density at radius 1 is 1.54 bits per heavy atom. The van der Waals surface area contributed by atoms with Crippen molar-refractivity contribution in [1.29, 1.82) is 0 Å². The summed E-state index contributed by atoms with van der Waals surface area (Å²) >= 11 is 1.68. The Hall–Kier alpha value is -0.480. The van der Waals surface area contributed by atoms with Crippen LogP contribution in [0.2, 0.25) is 0 Å². The van der Waals surface area contributed by atoms with E-state index in [0.29, 0.717) is 5.25 Å². The van der Waals surface area contributed by atoms with Crippen LogP contribution in [0, 0.1) is 0 Å². The van der Waals surface area contributed by atoms with Gasteiger partial charge in [-0.05, 0) is 18.2 Å². The third-order valence-corrected chi connectivity index (χ3v) is 2.99. The molecule has 1 aliphatic heterocycles. The number of carbonyl (C=O) groups excluding carboxylic acids is 1. The van der Waals surface area contributed by atoms with Gasteiger partial charge in [0.25, 0.3) is 0 Å². The lowest BCUT2D eigenvalue weighted by atomic mass is 10.2. The number of esters is 1. The number of carbonyl (C=O) groups is 1.